The van der Waals surface area contributed by atoms with Crippen molar-refractivity contribution in [1.82, 2.24) is 4.98 Å². The van der Waals surface area contributed by atoms with Crippen molar-refractivity contribution in [3.05, 3.63) is 29.0 Å². The highest BCUT2D eigenvalue weighted by molar-refractivity contribution is 7.13. The standard InChI is InChI=1S/C10H12N2OS/c1-7-8(4-5-11)12-10(13-7)9-3-2-6-14-9/h2-3,6H,4-5,11H2,1H3. The van der Waals surface area contributed by atoms with Crippen LogP contribution in [0.1, 0.15) is 11.5 Å². The first-order valence-corrected chi connectivity index (χ1v) is 5.39. The van der Waals surface area contributed by atoms with Gasteiger partial charge in [-0.25, -0.2) is 4.98 Å². The summed E-state index contributed by atoms with van der Waals surface area (Å²) in [5, 5.41) is 2.01. The van der Waals surface area contributed by atoms with Crippen LogP contribution >= 0.6 is 11.3 Å². The molecule has 74 valence electrons. The van der Waals surface area contributed by atoms with E-state index < -0.39 is 0 Å². The van der Waals surface area contributed by atoms with Gasteiger partial charge in [0.25, 0.3) is 0 Å². The van der Waals surface area contributed by atoms with Gasteiger partial charge in [-0.05, 0) is 24.9 Å². The summed E-state index contributed by atoms with van der Waals surface area (Å²) in [7, 11) is 0. The summed E-state index contributed by atoms with van der Waals surface area (Å²) in [6.07, 6.45) is 0.778. The molecule has 14 heavy (non-hydrogen) atoms. The van der Waals surface area contributed by atoms with E-state index in [0.717, 1.165) is 22.8 Å². The van der Waals surface area contributed by atoms with Crippen molar-refractivity contribution >= 4 is 11.3 Å². The molecule has 0 aromatic carbocycles. The largest absolute Gasteiger partial charge is 0.440 e. The van der Waals surface area contributed by atoms with Gasteiger partial charge >= 0.3 is 0 Å². The van der Waals surface area contributed by atoms with Crippen LogP contribution in [0.5, 0.6) is 0 Å². The van der Waals surface area contributed by atoms with Crippen LogP contribution in [0, 0.1) is 6.92 Å². The predicted molar refractivity (Wildman–Crippen MR) is 57.3 cm³/mol. The Balaban J connectivity index is 2.33. The van der Waals surface area contributed by atoms with Crippen molar-refractivity contribution in [2.45, 2.75) is 13.3 Å². The number of nitrogens with zero attached hydrogens (tertiary/aromatic N) is 1. The first-order chi connectivity index (χ1) is 6.81. The lowest BCUT2D eigenvalue weighted by molar-refractivity contribution is 0.540. The highest BCUT2D eigenvalue weighted by Gasteiger charge is 2.10. The van der Waals surface area contributed by atoms with Gasteiger partial charge in [-0.3, -0.25) is 0 Å². The molecular formula is C10H12N2OS. The Morgan fingerprint density at radius 3 is 3.07 bits per heavy atom. The number of hydrogen-bond donors (Lipinski definition) is 1. The third-order valence-electron chi connectivity index (χ3n) is 2.01. The zero-order valence-corrected chi connectivity index (χ0v) is 8.80. The van der Waals surface area contributed by atoms with Crippen LogP contribution in [0.2, 0.25) is 0 Å². The third-order valence-corrected chi connectivity index (χ3v) is 2.86. The maximum atomic E-state index is 5.56. The first-order valence-electron chi connectivity index (χ1n) is 4.51. The van der Waals surface area contributed by atoms with Crippen molar-refractivity contribution in [2.24, 2.45) is 5.73 Å². The Kier molecular flexibility index (Phi) is 2.65. The Morgan fingerprint density at radius 1 is 1.57 bits per heavy atom. The fourth-order valence-electron chi connectivity index (χ4n) is 1.30. The van der Waals surface area contributed by atoms with Crippen LogP contribution in [-0.2, 0) is 6.42 Å². The smallest absolute Gasteiger partial charge is 0.236 e. The van der Waals surface area contributed by atoms with Crippen LogP contribution in [0.4, 0.5) is 0 Å². The van der Waals surface area contributed by atoms with Crippen molar-refractivity contribution in [3.63, 3.8) is 0 Å². The van der Waals surface area contributed by atoms with E-state index in [0.29, 0.717) is 12.4 Å². The van der Waals surface area contributed by atoms with Gasteiger partial charge < -0.3 is 10.2 Å². The number of rotatable bonds is 3. The number of oxazole rings is 1. The molecule has 0 saturated heterocycles. The summed E-state index contributed by atoms with van der Waals surface area (Å²) in [5.74, 6) is 1.58. The molecule has 0 aliphatic heterocycles. The fraction of sp³-hybridized carbons (Fsp3) is 0.300. The topological polar surface area (TPSA) is 52.0 Å². The highest BCUT2D eigenvalue weighted by atomic mass is 32.1. The Bertz CT molecular complexity index is 406. The quantitative estimate of drug-likeness (QED) is 0.841. The molecule has 0 atom stereocenters. The number of aryl methyl sites for hydroxylation is 1. The van der Waals surface area contributed by atoms with E-state index >= 15 is 0 Å². The molecule has 0 saturated carbocycles. The predicted octanol–water partition coefficient (Wildman–Crippen LogP) is 2.21. The zero-order valence-electron chi connectivity index (χ0n) is 7.99. The normalized spacial score (nSPS) is 10.7. The number of thiophene rings is 1. The molecule has 2 aromatic heterocycles. The second-order valence-corrected chi connectivity index (χ2v) is 3.99. The minimum atomic E-state index is 0.608. The molecule has 2 N–H and O–H groups in total. The lowest BCUT2D eigenvalue weighted by Gasteiger charge is -1.89. The average Bonchev–Trinajstić information content (AvgIpc) is 2.76. The van der Waals surface area contributed by atoms with Gasteiger partial charge in [0.05, 0.1) is 10.6 Å². The molecule has 2 rings (SSSR count). The number of aromatic nitrogens is 1. The molecule has 0 aliphatic carbocycles. The summed E-state index contributed by atoms with van der Waals surface area (Å²) in [6, 6.07) is 3.99. The molecule has 4 heteroatoms. The van der Waals surface area contributed by atoms with Gasteiger partial charge in [0.2, 0.25) is 5.89 Å². The lowest BCUT2D eigenvalue weighted by Crippen LogP contribution is -2.03. The van der Waals surface area contributed by atoms with Gasteiger partial charge in [-0.1, -0.05) is 6.07 Å². The minimum Gasteiger partial charge on any atom is -0.440 e. The Hall–Kier alpha value is -1.13. The summed E-state index contributed by atoms with van der Waals surface area (Å²) in [6.45, 7) is 2.53. The number of hydrogen-bond acceptors (Lipinski definition) is 4. The van der Waals surface area contributed by atoms with Crippen LogP contribution < -0.4 is 5.73 Å². The molecule has 2 heterocycles. The molecule has 0 bridgehead atoms. The van der Waals surface area contributed by atoms with Gasteiger partial charge in [0, 0.05) is 6.42 Å². The molecule has 0 aliphatic rings. The van der Waals surface area contributed by atoms with E-state index in [1.807, 2.05) is 24.4 Å². The maximum Gasteiger partial charge on any atom is 0.236 e. The Labute approximate surface area is 86.6 Å². The van der Waals surface area contributed by atoms with Crippen molar-refractivity contribution in [1.29, 1.82) is 0 Å². The zero-order chi connectivity index (χ0) is 9.97. The first kappa shape index (κ1) is 9.43. The molecule has 0 spiro atoms. The second kappa shape index (κ2) is 3.94. The number of nitrogens with two attached hydrogens (primary N) is 1. The van der Waals surface area contributed by atoms with E-state index in [4.69, 9.17) is 10.2 Å². The van der Waals surface area contributed by atoms with E-state index in [9.17, 15) is 0 Å². The van der Waals surface area contributed by atoms with E-state index in [1.54, 1.807) is 11.3 Å². The van der Waals surface area contributed by atoms with Crippen LogP contribution in [-0.4, -0.2) is 11.5 Å². The second-order valence-electron chi connectivity index (χ2n) is 3.04. The van der Waals surface area contributed by atoms with Crippen LogP contribution in [0.3, 0.4) is 0 Å². The van der Waals surface area contributed by atoms with Crippen molar-refractivity contribution in [3.8, 4) is 10.8 Å². The van der Waals surface area contributed by atoms with Gasteiger partial charge in [-0.2, -0.15) is 0 Å². The lowest BCUT2D eigenvalue weighted by atomic mass is 10.3. The van der Waals surface area contributed by atoms with Crippen molar-refractivity contribution in [2.75, 3.05) is 6.54 Å². The summed E-state index contributed by atoms with van der Waals surface area (Å²) < 4.78 is 5.56. The Morgan fingerprint density at radius 2 is 2.43 bits per heavy atom. The SMILES string of the molecule is Cc1oc(-c2cccs2)nc1CCN. The van der Waals surface area contributed by atoms with Crippen molar-refractivity contribution < 1.29 is 4.42 Å². The van der Waals surface area contributed by atoms with E-state index in [1.165, 1.54) is 0 Å². The minimum absolute atomic E-state index is 0.608. The molecule has 0 radical (unpaired) electrons. The van der Waals surface area contributed by atoms with E-state index in [-0.39, 0.29) is 0 Å². The highest BCUT2D eigenvalue weighted by Crippen LogP contribution is 2.25. The van der Waals surface area contributed by atoms with E-state index in [2.05, 4.69) is 4.98 Å². The molecule has 2 aromatic rings. The molecule has 0 unspecified atom stereocenters. The molecule has 0 amide bonds. The van der Waals surface area contributed by atoms with Gasteiger partial charge in [0.1, 0.15) is 5.76 Å². The molecule has 3 nitrogen and oxygen atoms in total. The van der Waals surface area contributed by atoms with Crippen LogP contribution in [0.25, 0.3) is 10.8 Å². The van der Waals surface area contributed by atoms with Gasteiger partial charge in [-0.15, -0.1) is 11.3 Å². The molecular weight excluding hydrogens is 196 g/mol. The average molecular weight is 208 g/mol. The van der Waals surface area contributed by atoms with Gasteiger partial charge in [0.15, 0.2) is 0 Å². The monoisotopic (exact) mass is 208 g/mol. The summed E-state index contributed by atoms with van der Waals surface area (Å²) >= 11 is 1.63. The summed E-state index contributed by atoms with van der Waals surface area (Å²) in [5.41, 5.74) is 6.45. The third kappa shape index (κ3) is 1.71. The van der Waals surface area contributed by atoms with Crippen LogP contribution in [0.15, 0.2) is 21.9 Å². The molecule has 0 fully saturated rings. The summed E-state index contributed by atoms with van der Waals surface area (Å²) in [4.78, 5) is 5.47. The fourth-order valence-corrected chi connectivity index (χ4v) is 1.95. The maximum absolute atomic E-state index is 5.56.